The van der Waals surface area contributed by atoms with Gasteiger partial charge in [-0.15, -0.1) is 0 Å². The zero-order chi connectivity index (χ0) is 22.7. The van der Waals surface area contributed by atoms with E-state index in [1.54, 1.807) is 37.3 Å². The largest absolute Gasteiger partial charge is 0.507 e. The number of nitrogens with zero attached hydrogens (tertiary/aromatic N) is 1. The number of aliphatic hydroxyl groups is 1. The molecular formula is C24H29NO6. The first-order chi connectivity index (χ1) is 14.8. The van der Waals surface area contributed by atoms with Gasteiger partial charge in [-0.05, 0) is 55.7 Å². The van der Waals surface area contributed by atoms with E-state index in [4.69, 9.17) is 13.9 Å². The minimum atomic E-state index is -0.821. The number of carbonyl (C=O) groups is 2. The Kier molecular flexibility index (Phi) is 6.85. The summed E-state index contributed by atoms with van der Waals surface area (Å²) in [6, 6.07) is 7.94. The molecule has 1 aliphatic heterocycles. The second kappa shape index (κ2) is 9.39. The predicted octanol–water partition coefficient (Wildman–Crippen LogP) is 4.18. The summed E-state index contributed by atoms with van der Waals surface area (Å²) in [7, 11) is 1.52. The Labute approximate surface area is 182 Å². The second-order valence-electron chi connectivity index (χ2n) is 7.77. The highest BCUT2D eigenvalue weighted by Crippen LogP contribution is 2.40. The molecule has 2 heterocycles. The third-order valence-electron chi connectivity index (χ3n) is 5.31. The molecule has 1 unspecified atom stereocenters. The fourth-order valence-corrected chi connectivity index (χ4v) is 3.79. The number of likely N-dealkylation sites (tertiary alicyclic amines) is 1. The van der Waals surface area contributed by atoms with Crippen molar-refractivity contribution in [2.75, 3.05) is 26.9 Å². The van der Waals surface area contributed by atoms with Crippen LogP contribution in [0.15, 0.2) is 40.3 Å². The molecule has 0 aliphatic carbocycles. The van der Waals surface area contributed by atoms with Crippen molar-refractivity contribution in [1.82, 2.24) is 4.90 Å². The van der Waals surface area contributed by atoms with Crippen LogP contribution in [0.25, 0.3) is 5.76 Å². The third-order valence-corrected chi connectivity index (χ3v) is 5.31. The Morgan fingerprint density at radius 1 is 1.23 bits per heavy atom. The number of hydrogen-bond acceptors (Lipinski definition) is 6. The summed E-state index contributed by atoms with van der Waals surface area (Å²) >= 11 is 0. The van der Waals surface area contributed by atoms with E-state index in [9.17, 15) is 14.7 Å². The Balaban J connectivity index is 2.15. The number of aliphatic hydroxyl groups excluding tert-OH is 1. The maximum Gasteiger partial charge on any atom is 0.295 e. The first-order valence-electron chi connectivity index (χ1n) is 10.4. The number of amides is 1. The lowest BCUT2D eigenvalue weighted by Crippen LogP contribution is -2.32. The van der Waals surface area contributed by atoms with Crippen LogP contribution in [0.4, 0.5) is 0 Å². The topological polar surface area (TPSA) is 89.2 Å². The summed E-state index contributed by atoms with van der Waals surface area (Å²) in [6.07, 6.45) is 0. The molecule has 1 aromatic carbocycles. The van der Waals surface area contributed by atoms with Crippen LogP contribution in [0.2, 0.25) is 0 Å². The molecule has 1 aromatic heterocycles. The van der Waals surface area contributed by atoms with Gasteiger partial charge >= 0.3 is 0 Å². The lowest BCUT2D eigenvalue weighted by atomic mass is 9.95. The van der Waals surface area contributed by atoms with E-state index < -0.39 is 17.7 Å². The van der Waals surface area contributed by atoms with E-state index in [0.717, 1.165) is 11.3 Å². The molecule has 7 heteroatoms. The monoisotopic (exact) mass is 427 g/mol. The van der Waals surface area contributed by atoms with E-state index in [1.165, 1.54) is 12.0 Å². The fraction of sp³-hybridized carbons (Fsp3) is 0.417. The second-order valence-corrected chi connectivity index (χ2v) is 7.77. The van der Waals surface area contributed by atoms with Gasteiger partial charge < -0.3 is 23.9 Å². The molecule has 7 nitrogen and oxygen atoms in total. The van der Waals surface area contributed by atoms with Crippen LogP contribution in [0.3, 0.4) is 0 Å². The average Bonchev–Trinajstić information content (AvgIpc) is 3.27. The van der Waals surface area contributed by atoms with Gasteiger partial charge in [0.2, 0.25) is 0 Å². The molecular weight excluding hydrogens is 398 g/mol. The third kappa shape index (κ3) is 4.37. The van der Waals surface area contributed by atoms with Gasteiger partial charge in [0.05, 0.1) is 18.8 Å². The minimum absolute atomic E-state index is 0.00863. The molecule has 1 atom stereocenters. The van der Waals surface area contributed by atoms with Crippen molar-refractivity contribution < 1.29 is 28.6 Å². The van der Waals surface area contributed by atoms with Crippen molar-refractivity contribution in [2.45, 2.75) is 39.7 Å². The van der Waals surface area contributed by atoms with Gasteiger partial charge in [0, 0.05) is 19.2 Å². The zero-order valence-corrected chi connectivity index (χ0v) is 18.6. The van der Waals surface area contributed by atoms with Crippen molar-refractivity contribution in [3.8, 4) is 5.75 Å². The molecule has 2 aromatic rings. The molecule has 1 N–H and O–H groups in total. The molecule has 31 heavy (non-hydrogen) atoms. The smallest absolute Gasteiger partial charge is 0.295 e. The highest BCUT2D eigenvalue weighted by atomic mass is 16.5. The molecule has 1 fully saturated rings. The Morgan fingerprint density at radius 3 is 2.55 bits per heavy atom. The number of benzene rings is 1. The summed E-state index contributed by atoms with van der Waals surface area (Å²) in [6.45, 7) is 8.71. The predicted molar refractivity (Wildman–Crippen MR) is 116 cm³/mol. The van der Waals surface area contributed by atoms with Crippen molar-refractivity contribution in [3.63, 3.8) is 0 Å². The normalized spacial score (nSPS) is 18.3. The molecule has 0 spiro atoms. The van der Waals surface area contributed by atoms with Crippen LogP contribution in [0, 0.1) is 6.92 Å². The maximum atomic E-state index is 13.0. The van der Waals surface area contributed by atoms with Crippen molar-refractivity contribution in [3.05, 3.63) is 58.6 Å². The van der Waals surface area contributed by atoms with Crippen LogP contribution in [-0.4, -0.2) is 48.6 Å². The van der Waals surface area contributed by atoms with E-state index in [2.05, 4.69) is 0 Å². The number of hydrogen-bond donors (Lipinski definition) is 1. The molecule has 0 bridgehead atoms. The summed E-state index contributed by atoms with van der Waals surface area (Å²) in [5, 5.41) is 11.2. The lowest BCUT2D eigenvalue weighted by Gasteiger charge is -2.23. The molecule has 3 rings (SSSR count). The number of rotatable bonds is 8. The van der Waals surface area contributed by atoms with Crippen LogP contribution in [0.5, 0.6) is 5.75 Å². The first-order valence-corrected chi connectivity index (χ1v) is 10.4. The van der Waals surface area contributed by atoms with E-state index in [1.807, 2.05) is 20.8 Å². The highest BCUT2D eigenvalue weighted by molar-refractivity contribution is 6.46. The average molecular weight is 427 g/mol. The number of ketones is 1. The minimum Gasteiger partial charge on any atom is -0.507 e. The van der Waals surface area contributed by atoms with Crippen LogP contribution in [0.1, 0.15) is 55.4 Å². The number of ether oxygens (including phenoxy) is 2. The van der Waals surface area contributed by atoms with Gasteiger partial charge in [0.1, 0.15) is 29.1 Å². The molecule has 0 radical (unpaired) electrons. The van der Waals surface area contributed by atoms with Crippen molar-refractivity contribution >= 4 is 17.4 Å². The number of methoxy groups -OCH3 is 1. The van der Waals surface area contributed by atoms with Gasteiger partial charge in [0.15, 0.2) is 0 Å². The van der Waals surface area contributed by atoms with Crippen molar-refractivity contribution in [2.24, 2.45) is 0 Å². The van der Waals surface area contributed by atoms with Gasteiger partial charge in [-0.1, -0.05) is 13.8 Å². The zero-order valence-electron chi connectivity index (χ0n) is 18.6. The summed E-state index contributed by atoms with van der Waals surface area (Å²) < 4.78 is 16.6. The molecule has 0 saturated carbocycles. The first kappa shape index (κ1) is 22.6. The molecule has 1 saturated heterocycles. The summed E-state index contributed by atoms with van der Waals surface area (Å²) in [4.78, 5) is 27.1. The Morgan fingerprint density at radius 2 is 1.97 bits per heavy atom. The SMILES string of the molecule is CCOc1ccc(/C(O)=C2/C(=O)C(=O)N(CCOC)C2c2ccc(C)o2)cc1C(C)C. The van der Waals surface area contributed by atoms with E-state index in [-0.39, 0.29) is 30.4 Å². The Hall–Kier alpha value is -3.06. The standard InChI is InChI=1S/C24H29NO6/c1-6-30-18-10-8-16(13-17(18)14(2)3)22(26)20-21(19-9-7-15(4)31-19)25(11-12-29-5)24(28)23(20)27/h7-10,13-14,21,26H,6,11-12H2,1-5H3/b22-20-. The van der Waals surface area contributed by atoms with E-state index in [0.29, 0.717) is 23.7 Å². The summed E-state index contributed by atoms with van der Waals surface area (Å²) in [5.41, 5.74) is 1.37. The van der Waals surface area contributed by atoms with Gasteiger partial charge in [0.25, 0.3) is 11.7 Å². The van der Waals surface area contributed by atoms with E-state index >= 15 is 0 Å². The molecule has 166 valence electrons. The van der Waals surface area contributed by atoms with Gasteiger partial charge in [-0.25, -0.2) is 0 Å². The fourth-order valence-electron chi connectivity index (χ4n) is 3.79. The quantitative estimate of drug-likeness (QED) is 0.386. The lowest BCUT2D eigenvalue weighted by molar-refractivity contribution is -0.140. The van der Waals surface area contributed by atoms with Crippen LogP contribution in [-0.2, 0) is 14.3 Å². The van der Waals surface area contributed by atoms with Gasteiger partial charge in [-0.2, -0.15) is 0 Å². The Bertz CT molecular complexity index is 1000. The highest BCUT2D eigenvalue weighted by Gasteiger charge is 2.47. The molecule has 1 amide bonds. The number of Topliss-reactive ketones (excluding diaryl/α,β-unsaturated/α-hetero) is 1. The molecule has 1 aliphatic rings. The van der Waals surface area contributed by atoms with Crippen molar-refractivity contribution in [1.29, 1.82) is 0 Å². The van der Waals surface area contributed by atoms with Crippen LogP contribution >= 0.6 is 0 Å². The summed E-state index contributed by atoms with van der Waals surface area (Å²) in [5.74, 6) is 0.275. The number of aryl methyl sites for hydroxylation is 1. The number of carbonyl (C=O) groups excluding carboxylic acids is 2. The number of furan rings is 1. The van der Waals surface area contributed by atoms with Gasteiger partial charge in [-0.3, -0.25) is 9.59 Å². The maximum absolute atomic E-state index is 13.0. The van der Waals surface area contributed by atoms with Crippen LogP contribution < -0.4 is 4.74 Å².